The van der Waals surface area contributed by atoms with Gasteiger partial charge in [0, 0.05) is 43.4 Å². The first-order valence-electron chi connectivity index (χ1n) is 12.0. The molecule has 3 fully saturated rings. The average molecular weight is 465 g/mol. The summed E-state index contributed by atoms with van der Waals surface area (Å²) in [6.07, 6.45) is 0.447. The van der Waals surface area contributed by atoms with Crippen LogP contribution in [0.5, 0.6) is 0 Å². The molecule has 0 aromatic heterocycles. The number of carbonyl (C=O) groups is 2. The summed E-state index contributed by atoms with van der Waals surface area (Å²) in [7, 11) is 2.17. The van der Waals surface area contributed by atoms with E-state index in [1.165, 1.54) is 12.1 Å². The normalized spacial score (nSPS) is 32.5. The fourth-order valence-electron chi connectivity index (χ4n) is 6.83. The van der Waals surface area contributed by atoms with Gasteiger partial charge in [-0.1, -0.05) is 19.1 Å². The number of ketones is 1. The highest BCUT2D eigenvalue weighted by Gasteiger charge is 2.60. The zero-order valence-corrected chi connectivity index (χ0v) is 19.2. The molecule has 1 spiro atoms. The molecule has 1 aromatic rings. The van der Waals surface area contributed by atoms with Gasteiger partial charge in [0.2, 0.25) is 5.91 Å². The van der Waals surface area contributed by atoms with E-state index in [9.17, 15) is 22.8 Å². The summed E-state index contributed by atoms with van der Waals surface area (Å²) in [4.78, 5) is 29.8. The Labute approximate surface area is 192 Å². The zero-order chi connectivity index (χ0) is 23.5. The summed E-state index contributed by atoms with van der Waals surface area (Å²) in [6.45, 7) is 4.03. The van der Waals surface area contributed by atoms with E-state index in [1.54, 1.807) is 6.07 Å². The quantitative estimate of drug-likeness (QED) is 0.635. The number of amides is 1. The number of fused-ring (bicyclic) bond motifs is 2. The van der Waals surface area contributed by atoms with Crippen molar-refractivity contribution in [2.75, 3.05) is 20.3 Å². The molecule has 3 heterocycles. The van der Waals surface area contributed by atoms with Crippen molar-refractivity contribution in [1.82, 2.24) is 9.80 Å². The number of hydrogen-bond donors (Lipinski definition) is 0. The second-order valence-corrected chi connectivity index (χ2v) is 10.4. The van der Waals surface area contributed by atoms with Gasteiger partial charge in [0.1, 0.15) is 0 Å². The SMILES string of the molecule is CC1C2Cc3ccc(C(=O)C(F)(F)F)cc3CN2C(=O)[C@]12CC[C@@H](N(C)C1CCOCC1)C2. The van der Waals surface area contributed by atoms with E-state index in [0.29, 0.717) is 24.1 Å². The number of hydrogen-bond acceptors (Lipinski definition) is 4. The van der Waals surface area contributed by atoms with E-state index in [1.807, 2.05) is 4.90 Å². The van der Waals surface area contributed by atoms with Crippen LogP contribution >= 0.6 is 0 Å². The van der Waals surface area contributed by atoms with Crippen LogP contribution in [0.3, 0.4) is 0 Å². The first-order valence-corrected chi connectivity index (χ1v) is 12.0. The first kappa shape index (κ1) is 22.8. The lowest BCUT2D eigenvalue weighted by Gasteiger charge is -2.36. The summed E-state index contributed by atoms with van der Waals surface area (Å²) < 4.78 is 44.2. The van der Waals surface area contributed by atoms with Crippen LogP contribution in [-0.4, -0.2) is 66.1 Å². The number of nitrogens with zero attached hydrogens (tertiary/aromatic N) is 2. The molecular weight excluding hydrogens is 433 g/mol. The molecule has 4 atom stereocenters. The van der Waals surface area contributed by atoms with Crippen LogP contribution in [0.25, 0.3) is 0 Å². The molecule has 4 aliphatic rings. The minimum Gasteiger partial charge on any atom is -0.381 e. The molecular formula is C25H31F3N2O3. The van der Waals surface area contributed by atoms with Gasteiger partial charge < -0.3 is 14.5 Å². The molecule has 5 nitrogen and oxygen atoms in total. The van der Waals surface area contributed by atoms with E-state index in [0.717, 1.165) is 50.9 Å². The molecule has 1 aromatic carbocycles. The molecule has 8 heteroatoms. The molecule has 2 unspecified atom stereocenters. The molecule has 1 saturated carbocycles. The largest absolute Gasteiger partial charge is 0.454 e. The van der Waals surface area contributed by atoms with E-state index in [-0.39, 0.29) is 30.0 Å². The van der Waals surface area contributed by atoms with Crippen molar-refractivity contribution in [2.24, 2.45) is 11.3 Å². The van der Waals surface area contributed by atoms with Crippen molar-refractivity contribution in [3.05, 3.63) is 34.9 Å². The number of halogens is 3. The number of Topliss-reactive ketones (excluding diaryl/α,β-unsaturated/α-hetero) is 1. The average Bonchev–Trinajstić information content (AvgIpc) is 3.34. The Kier molecular flexibility index (Phi) is 5.59. The van der Waals surface area contributed by atoms with Crippen molar-refractivity contribution >= 4 is 11.7 Å². The molecule has 0 bridgehead atoms. The maximum atomic E-state index is 13.7. The smallest absolute Gasteiger partial charge is 0.381 e. The van der Waals surface area contributed by atoms with Crippen molar-refractivity contribution in [3.63, 3.8) is 0 Å². The molecule has 180 valence electrons. The van der Waals surface area contributed by atoms with E-state index < -0.39 is 17.4 Å². The molecule has 1 aliphatic carbocycles. The van der Waals surface area contributed by atoms with Crippen LogP contribution < -0.4 is 0 Å². The van der Waals surface area contributed by atoms with Gasteiger partial charge >= 0.3 is 6.18 Å². The van der Waals surface area contributed by atoms with E-state index in [2.05, 4.69) is 18.9 Å². The number of carbonyl (C=O) groups excluding carboxylic acids is 2. The predicted molar refractivity (Wildman–Crippen MR) is 116 cm³/mol. The van der Waals surface area contributed by atoms with Crippen molar-refractivity contribution in [3.8, 4) is 0 Å². The van der Waals surface area contributed by atoms with Gasteiger partial charge in [0.15, 0.2) is 0 Å². The van der Waals surface area contributed by atoms with Crippen LogP contribution in [-0.2, 0) is 22.5 Å². The maximum absolute atomic E-state index is 13.7. The third kappa shape index (κ3) is 3.70. The number of benzene rings is 1. The van der Waals surface area contributed by atoms with Crippen LogP contribution in [0.2, 0.25) is 0 Å². The lowest BCUT2D eigenvalue weighted by Crippen LogP contribution is -2.43. The highest BCUT2D eigenvalue weighted by molar-refractivity contribution is 6.00. The molecule has 33 heavy (non-hydrogen) atoms. The van der Waals surface area contributed by atoms with Crippen molar-refractivity contribution < 1.29 is 27.5 Å². The number of ether oxygens (including phenoxy) is 1. The second kappa shape index (κ2) is 8.08. The van der Waals surface area contributed by atoms with Crippen molar-refractivity contribution in [1.29, 1.82) is 0 Å². The topological polar surface area (TPSA) is 49.9 Å². The second-order valence-electron chi connectivity index (χ2n) is 10.4. The Bertz CT molecular complexity index is 959. The number of rotatable bonds is 3. The zero-order valence-electron chi connectivity index (χ0n) is 19.2. The fourth-order valence-corrected chi connectivity index (χ4v) is 6.83. The molecule has 5 rings (SSSR count). The molecule has 0 N–H and O–H groups in total. The number of alkyl halides is 3. The van der Waals surface area contributed by atoms with Gasteiger partial charge in [-0.25, -0.2) is 0 Å². The van der Waals surface area contributed by atoms with Gasteiger partial charge in [0.05, 0.1) is 5.41 Å². The van der Waals surface area contributed by atoms with Gasteiger partial charge in [-0.05, 0) is 68.7 Å². The Morgan fingerprint density at radius 3 is 2.58 bits per heavy atom. The Balaban J connectivity index is 1.35. The summed E-state index contributed by atoms with van der Waals surface area (Å²) in [5, 5.41) is 0. The summed E-state index contributed by atoms with van der Waals surface area (Å²) in [5.41, 5.74) is 0.850. The van der Waals surface area contributed by atoms with Crippen LogP contribution in [0.15, 0.2) is 18.2 Å². The van der Waals surface area contributed by atoms with E-state index >= 15 is 0 Å². The standard InChI is InChI=1S/C25H31F3N2O3/c1-15-21-12-16-3-4-17(22(31)25(26,27)28)11-18(16)14-30(21)23(32)24(15)8-5-20(13-24)29(2)19-6-9-33-10-7-19/h3-4,11,15,19-21H,5-10,12-14H2,1-2H3/t15?,20-,21?,24+/m1/s1. The third-order valence-electron chi connectivity index (χ3n) is 8.90. The molecule has 0 radical (unpaired) electrons. The van der Waals surface area contributed by atoms with Gasteiger partial charge in [-0.15, -0.1) is 0 Å². The minimum atomic E-state index is -4.90. The van der Waals surface area contributed by atoms with Crippen LogP contribution in [0.4, 0.5) is 13.2 Å². The maximum Gasteiger partial charge on any atom is 0.454 e. The van der Waals surface area contributed by atoms with Gasteiger partial charge in [0.25, 0.3) is 5.78 Å². The monoisotopic (exact) mass is 464 g/mol. The van der Waals surface area contributed by atoms with Gasteiger partial charge in [-0.2, -0.15) is 13.2 Å². The highest BCUT2D eigenvalue weighted by Crippen LogP contribution is 2.55. The fraction of sp³-hybridized carbons (Fsp3) is 0.680. The molecule has 1 amide bonds. The Hall–Kier alpha value is -1.93. The predicted octanol–water partition coefficient (Wildman–Crippen LogP) is 3.98. The van der Waals surface area contributed by atoms with E-state index in [4.69, 9.17) is 4.74 Å². The summed E-state index contributed by atoms with van der Waals surface area (Å²) >= 11 is 0. The van der Waals surface area contributed by atoms with Crippen LogP contribution in [0.1, 0.15) is 60.5 Å². The Morgan fingerprint density at radius 2 is 1.88 bits per heavy atom. The summed E-state index contributed by atoms with van der Waals surface area (Å²) in [5.74, 6) is -1.51. The highest BCUT2D eigenvalue weighted by atomic mass is 19.4. The summed E-state index contributed by atoms with van der Waals surface area (Å²) in [6, 6.07) is 5.16. The molecule has 2 saturated heterocycles. The minimum absolute atomic E-state index is 0.0568. The lowest BCUT2D eigenvalue weighted by atomic mass is 9.73. The lowest BCUT2D eigenvalue weighted by molar-refractivity contribution is -0.138. The first-order chi connectivity index (χ1) is 15.6. The van der Waals surface area contributed by atoms with Crippen molar-refractivity contribution in [2.45, 2.75) is 76.3 Å². The van der Waals surface area contributed by atoms with Gasteiger partial charge in [-0.3, -0.25) is 9.59 Å². The molecule has 3 aliphatic heterocycles. The van der Waals surface area contributed by atoms with Crippen LogP contribution in [0, 0.1) is 11.3 Å². The Morgan fingerprint density at radius 1 is 1.15 bits per heavy atom. The third-order valence-corrected chi connectivity index (χ3v) is 8.90.